The van der Waals surface area contributed by atoms with Gasteiger partial charge in [0.25, 0.3) is 5.91 Å². The number of rotatable bonds is 5. The summed E-state index contributed by atoms with van der Waals surface area (Å²) in [5.74, 6) is -0.556. The van der Waals surface area contributed by atoms with Gasteiger partial charge in [-0.1, -0.05) is 11.6 Å². The second-order valence-corrected chi connectivity index (χ2v) is 7.90. The standard InChI is InChI=1S/C20H19BrClN5O2/c1-11-6-12(2)27(26-11)13(3)19(28)25-18-5-4-16(8-17(18)22)24-20(29)14-7-15(21)10-23-9-14/h4-10,13H,1-3H3,(H,24,29)(H,25,28). The SMILES string of the molecule is Cc1cc(C)n(C(C)C(=O)Nc2ccc(NC(=O)c3cncc(Br)c3)cc2Cl)n1. The van der Waals surface area contributed by atoms with Crippen LogP contribution in [0.4, 0.5) is 11.4 Å². The van der Waals surface area contributed by atoms with Crippen molar-refractivity contribution in [1.29, 1.82) is 0 Å². The number of benzene rings is 1. The number of aryl methyl sites for hydroxylation is 2. The molecule has 0 fully saturated rings. The van der Waals surface area contributed by atoms with Crippen LogP contribution in [0.15, 0.2) is 47.2 Å². The van der Waals surface area contributed by atoms with Crippen molar-refractivity contribution in [1.82, 2.24) is 14.8 Å². The summed E-state index contributed by atoms with van der Waals surface area (Å²) in [6.07, 6.45) is 3.06. The Morgan fingerprint density at radius 3 is 2.52 bits per heavy atom. The van der Waals surface area contributed by atoms with Crippen LogP contribution in [0.3, 0.4) is 0 Å². The van der Waals surface area contributed by atoms with E-state index < -0.39 is 6.04 Å². The molecule has 0 aliphatic carbocycles. The summed E-state index contributed by atoms with van der Waals surface area (Å²) in [6, 6.07) is 7.97. The monoisotopic (exact) mass is 475 g/mol. The summed E-state index contributed by atoms with van der Waals surface area (Å²) in [6.45, 7) is 5.54. The lowest BCUT2D eigenvalue weighted by atomic mass is 10.2. The lowest BCUT2D eigenvalue weighted by Gasteiger charge is -2.16. The highest BCUT2D eigenvalue weighted by molar-refractivity contribution is 9.10. The summed E-state index contributed by atoms with van der Waals surface area (Å²) >= 11 is 9.59. The van der Waals surface area contributed by atoms with Gasteiger partial charge in [-0.25, -0.2) is 0 Å². The second kappa shape index (κ2) is 8.75. The minimum absolute atomic E-state index is 0.241. The highest BCUT2D eigenvalue weighted by Gasteiger charge is 2.19. The average molecular weight is 477 g/mol. The van der Waals surface area contributed by atoms with Gasteiger partial charge >= 0.3 is 0 Å². The van der Waals surface area contributed by atoms with E-state index in [4.69, 9.17) is 11.6 Å². The molecule has 0 saturated heterocycles. The predicted molar refractivity (Wildman–Crippen MR) is 116 cm³/mol. The topological polar surface area (TPSA) is 88.9 Å². The number of anilines is 2. The highest BCUT2D eigenvalue weighted by Crippen LogP contribution is 2.27. The molecule has 0 spiro atoms. The number of hydrogen-bond donors (Lipinski definition) is 2. The summed E-state index contributed by atoms with van der Waals surface area (Å²) in [5, 5.41) is 10.2. The van der Waals surface area contributed by atoms with Crippen LogP contribution in [0.25, 0.3) is 0 Å². The molecule has 0 radical (unpaired) electrons. The molecule has 3 aromatic rings. The molecular weight excluding hydrogens is 458 g/mol. The Balaban J connectivity index is 1.70. The van der Waals surface area contributed by atoms with Gasteiger partial charge in [0, 0.05) is 28.2 Å². The van der Waals surface area contributed by atoms with Crippen LogP contribution in [0.1, 0.15) is 34.7 Å². The van der Waals surface area contributed by atoms with E-state index in [2.05, 4.69) is 36.6 Å². The first-order chi connectivity index (χ1) is 13.7. The zero-order valence-corrected chi connectivity index (χ0v) is 18.4. The van der Waals surface area contributed by atoms with Gasteiger partial charge in [-0.2, -0.15) is 5.10 Å². The van der Waals surface area contributed by atoms with Crippen LogP contribution in [0, 0.1) is 13.8 Å². The lowest BCUT2D eigenvalue weighted by Crippen LogP contribution is -2.25. The van der Waals surface area contributed by atoms with E-state index in [0.717, 1.165) is 11.4 Å². The van der Waals surface area contributed by atoms with Crippen LogP contribution in [-0.2, 0) is 4.79 Å². The number of aromatic nitrogens is 3. The van der Waals surface area contributed by atoms with Gasteiger partial charge in [-0.15, -0.1) is 0 Å². The van der Waals surface area contributed by atoms with Crippen molar-refractivity contribution < 1.29 is 9.59 Å². The lowest BCUT2D eigenvalue weighted by molar-refractivity contribution is -0.119. The third kappa shape index (κ3) is 5.02. The first kappa shape index (κ1) is 21.0. The quantitative estimate of drug-likeness (QED) is 0.555. The van der Waals surface area contributed by atoms with Crippen molar-refractivity contribution in [3.63, 3.8) is 0 Å². The normalized spacial score (nSPS) is 11.8. The number of carbonyl (C=O) groups excluding carboxylic acids is 2. The van der Waals surface area contributed by atoms with Crippen molar-refractivity contribution in [3.05, 3.63) is 69.2 Å². The molecule has 2 amide bonds. The maximum atomic E-state index is 12.6. The zero-order chi connectivity index (χ0) is 21.1. The first-order valence-electron chi connectivity index (χ1n) is 8.79. The maximum Gasteiger partial charge on any atom is 0.257 e. The Bertz CT molecular complexity index is 1080. The Labute approximate surface area is 181 Å². The molecule has 29 heavy (non-hydrogen) atoms. The van der Waals surface area contributed by atoms with Crippen molar-refractivity contribution in [2.45, 2.75) is 26.8 Å². The fourth-order valence-electron chi connectivity index (χ4n) is 2.82. The minimum atomic E-state index is -0.497. The number of pyridine rings is 1. The fraction of sp³-hybridized carbons (Fsp3) is 0.200. The van der Waals surface area contributed by atoms with Crippen LogP contribution in [-0.4, -0.2) is 26.6 Å². The molecule has 1 atom stereocenters. The van der Waals surface area contributed by atoms with E-state index in [1.165, 1.54) is 6.20 Å². The van der Waals surface area contributed by atoms with Gasteiger partial charge in [0.2, 0.25) is 5.91 Å². The Morgan fingerprint density at radius 1 is 1.14 bits per heavy atom. The third-order valence-corrected chi connectivity index (χ3v) is 4.99. The van der Waals surface area contributed by atoms with E-state index in [1.54, 1.807) is 42.1 Å². The van der Waals surface area contributed by atoms with Crippen LogP contribution < -0.4 is 10.6 Å². The van der Waals surface area contributed by atoms with Crippen LogP contribution >= 0.6 is 27.5 Å². The Morgan fingerprint density at radius 2 is 1.90 bits per heavy atom. The maximum absolute atomic E-state index is 12.6. The largest absolute Gasteiger partial charge is 0.323 e. The van der Waals surface area contributed by atoms with E-state index in [9.17, 15) is 9.59 Å². The fourth-order valence-corrected chi connectivity index (χ4v) is 3.41. The van der Waals surface area contributed by atoms with Gasteiger partial charge in [0.15, 0.2) is 0 Å². The number of hydrogen-bond acceptors (Lipinski definition) is 4. The number of nitrogens with zero attached hydrogens (tertiary/aromatic N) is 3. The summed E-state index contributed by atoms with van der Waals surface area (Å²) < 4.78 is 2.37. The predicted octanol–water partition coefficient (Wildman–Crippen LogP) is 4.76. The van der Waals surface area contributed by atoms with Gasteiger partial charge in [0.1, 0.15) is 6.04 Å². The Hall–Kier alpha value is -2.71. The van der Waals surface area contributed by atoms with Gasteiger partial charge < -0.3 is 10.6 Å². The molecule has 2 aromatic heterocycles. The minimum Gasteiger partial charge on any atom is -0.323 e. The van der Waals surface area contributed by atoms with Crippen molar-refractivity contribution in [3.8, 4) is 0 Å². The molecule has 0 aliphatic rings. The van der Waals surface area contributed by atoms with Gasteiger partial charge in [0.05, 0.1) is 22.0 Å². The van der Waals surface area contributed by atoms with Gasteiger partial charge in [-0.3, -0.25) is 19.3 Å². The third-order valence-electron chi connectivity index (χ3n) is 4.24. The molecule has 2 N–H and O–H groups in total. The van der Waals surface area contributed by atoms with Crippen LogP contribution in [0.2, 0.25) is 5.02 Å². The molecule has 9 heteroatoms. The molecule has 150 valence electrons. The molecule has 2 heterocycles. The summed E-state index contributed by atoms with van der Waals surface area (Å²) in [4.78, 5) is 28.9. The second-order valence-electron chi connectivity index (χ2n) is 6.58. The smallest absolute Gasteiger partial charge is 0.257 e. The first-order valence-corrected chi connectivity index (χ1v) is 9.97. The van der Waals surface area contributed by atoms with Crippen LogP contribution in [0.5, 0.6) is 0 Å². The highest BCUT2D eigenvalue weighted by atomic mass is 79.9. The molecule has 1 aromatic carbocycles. The summed E-state index contributed by atoms with van der Waals surface area (Å²) in [7, 11) is 0. The number of amides is 2. The average Bonchev–Trinajstić information content (AvgIpc) is 3.01. The van der Waals surface area contributed by atoms with Gasteiger partial charge in [-0.05, 0) is 67.0 Å². The molecule has 7 nitrogen and oxygen atoms in total. The zero-order valence-electron chi connectivity index (χ0n) is 16.0. The van der Waals surface area contributed by atoms with E-state index >= 15 is 0 Å². The molecule has 3 rings (SSSR count). The van der Waals surface area contributed by atoms with Crippen molar-refractivity contribution in [2.75, 3.05) is 10.6 Å². The van der Waals surface area contributed by atoms with Crippen molar-refractivity contribution in [2.24, 2.45) is 0 Å². The Kier molecular flexibility index (Phi) is 6.34. The van der Waals surface area contributed by atoms with E-state index in [-0.39, 0.29) is 11.8 Å². The number of carbonyl (C=O) groups is 2. The molecule has 0 aliphatic heterocycles. The molecular formula is C20H19BrClN5O2. The van der Waals surface area contributed by atoms with Crippen molar-refractivity contribution >= 4 is 50.7 Å². The summed E-state index contributed by atoms with van der Waals surface area (Å²) in [5.41, 5.74) is 3.11. The molecule has 1 unspecified atom stereocenters. The molecule has 0 bridgehead atoms. The number of nitrogens with one attached hydrogen (secondary N) is 2. The van der Waals surface area contributed by atoms with E-state index in [1.807, 2.05) is 19.9 Å². The number of halogens is 2. The van der Waals surface area contributed by atoms with E-state index in [0.29, 0.717) is 26.4 Å². The molecule has 0 saturated carbocycles.